The molecule has 1 amide bonds. The van der Waals surface area contributed by atoms with Gasteiger partial charge < -0.3 is 14.6 Å². The zero-order valence-corrected chi connectivity index (χ0v) is 15.6. The average Bonchev–Trinajstić information content (AvgIpc) is 3.07. The molecule has 0 aliphatic heterocycles. The highest BCUT2D eigenvalue weighted by Gasteiger charge is 2.11. The van der Waals surface area contributed by atoms with Gasteiger partial charge in [-0.2, -0.15) is 4.98 Å². The van der Waals surface area contributed by atoms with Gasteiger partial charge in [0.25, 0.3) is 5.89 Å². The Kier molecular flexibility index (Phi) is 5.75. The number of methoxy groups -OCH3 is 1. The Bertz CT molecular complexity index is 932. The number of hydrogen-bond donors (Lipinski definition) is 1. The number of pyridine rings is 1. The Morgan fingerprint density at radius 2 is 2.19 bits per heavy atom. The summed E-state index contributed by atoms with van der Waals surface area (Å²) in [6.45, 7) is 1.75. The summed E-state index contributed by atoms with van der Waals surface area (Å²) >= 11 is 7.26. The van der Waals surface area contributed by atoms with Crippen LogP contribution in [0.4, 0.5) is 5.69 Å². The largest absolute Gasteiger partial charge is 0.495 e. The Balaban J connectivity index is 1.64. The van der Waals surface area contributed by atoms with Crippen molar-refractivity contribution in [1.29, 1.82) is 0 Å². The normalized spacial score (nSPS) is 10.6. The number of anilines is 1. The molecule has 3 rings (SSSR count). The molecule has 9 heteroatoms. The van der Waals surface area contributed by atoms with Crippen LogP contribution in [0.3, 0.4) is 0 Å². The van der Waals surface area contributed by atoms with E-state index in [9.17, 15) is 4.79 Å². The minimum absolute atomic E-state index is 0.176. The van der Waals surface area contributed by atoms with E-state index in [2.05, 4.69) is 20.4 Å². The number of ether oxygens (including phenoxy) is 1. The molecule has 0 bridgehead atoms. The van der Waals surface area contributed by atoms with Crippen molar-refractivity contribution in [3.63, 3.8) is 0 Å². The van der Waals surface area contributed by atoms with Gasteiger partial charge in [0.1, 0.15) is 5.75 Å². The van der Waals surface area contributed by atoms with E-state index < -0.39 is 0 Å². The number of hydrogen-bond acceptors (Lipinski definition) is 7. The Hall–Kier alpha value is -2.58. The zero-order chi connectivity index (χ0) is 18.5. The van der Waals surface area contributed by atoms with E-state index in [0.29, 0.717) is 33.2 Å². The fourth-order valence-corrected chi connectivity index (χ4v) is 3.01. The lowest BCUT2D eigenvalue weighted by atomic mass is 10.3. The van der Waals surface area contributed by atoms with Crippen molar-refractivity contribution in [2.24, 2.45) is 0 Å². The molecular formula is C17H15ClN4O3S. The van der Waals surface area contributed by atoms with Crippen LogP contribution in [-0.2, 0) is 4.79 Å². The van der Waals surface area contributed by atoms with Crippen LogP contribution >= 0.6 is 23.4 Å². The fourth-order valence-electron chi connectivity index (χ4n) is 2.14. The minimum atomic E-state index is -0.198. The summed E-state index contributed by atoms with van der Waals surface area (Å²) in [6, 6.07) is 8.60. The number of nitrogens with zero attached hydrogens (tertiary/aromatic N) is 3. The van der Waals surface area contributed by atoms with Crippen molar-refractivity contribution in [2.75, 3.05) is 18.2 Å². The van der Waals surface area contributed by atoms with Gasteiger partial charge in [-0.1, -0.05) is 28.5 Å². The summed E-state index contributed by atoms with van der Waals surface area (Å²) in [4.78, 5) is 20.7. The standard InChI is InChI=1S/C17H15ClN4O3S/c1-10-20-17(25-22-10)11-5-6-19-16(7-11)26-9-15(23)21-13-8-12(18)3-4-14(13)24-2/h3-8H,9H2,1-2H3,(H,21,23). The molecule has 0 unspecified atom stereocenters. The maximum atomic E-state index is 12.2. The molecule has 0 aliphatic rings. The summed E-state index contributed by atoms with van der Waals surface area (Å²) in [6.07, 6.45) is 1.63. The van der Waals surface area contributed by atoms with Crippen LogP contribution in [0, 0.1) is 6.92 Å². The van der Waals surface area contributed by atoms with Gasteiger partial charge in [-0.05, 0) is 37.3 Å². The number of aromatic nitrogens is 3. The van der Waals surface area contributed by atoms with Gasteiger partial charge in [-0.15, -0.1) is 0 Å². The zero-order valence-electron chi connectivity index (χ0n) is 14.0. The van der Waals surface area contributed by atoms with Gasteiger partial charge in [-0.25, -0.2) is 4.98 Å². The lowest BCUT2D eigenvalue weighted by Crippen LogP contribution is -2.14. The lowest BCUT2D eigenvalue weighted by molar-refractivity contribution is -0.113. The van der Waals surface area contributed by atoms with Gasteiger partial charge in [0.15, 0.2) is 5.82 Å². The number of thioether (sulfide) groups is 1. The summed E-state index contributed by atoms with van der Waals surface area (Å²) in [5.41, 5.74) is 1.27. The Morgan fingerprint density at radius 1 is 1.35 bits per heavy atom. The number of amides is 1. The summed E-state index contributed by atoms with van der Waals surface area (Å²) < 4.78 is 10.4. The molecule has 1 N–H and O–H groups in total. The Labute approximate surface area is 159 Å². The molecule has 0 radical (unpaired) electrons. The number of aryl methyl sites for hydroxylation is 1. The quantitative estimate of drug-likeness (QED) is 0.639. The second-order valence-corrected chi connectivity index (χ2v) is 6.64. The molecule has 26 heavy (non-hydrogen) atoms. The maximum Gasteiger partial charge on any atom is 0.258 e. The van der Waals surface area contributed by atoms with E-state index in [4.69, 9.17) is 20.9 Å². The fraction of sp³-hybridized carbons (Fsp3) is 0.176. The molecule has 2 heterocycles. The number of halogens is 1. The first kappa shape index (κ1) is 18.2. The number of nitrogens with one attached hydrogen (secondary N) is 1. The monoisotopic (exact) mass is 390 g/mol. The number of carbonyl (C=O) groups excluding carboxylic acids is 1. The molecule has 3 aromatic rings. The smallest absolute Gasteiger partial charge is 0.258 e. The molecule has 134 valence electrons. The molecule has 0 saturated heterocycles. The van der Waals surface area contributed by atoms with E-state index >= 15 is 0 Å². The van der Waals surface area contributed by atoms with Crippen LogP contribution in [-0.4, -0.2) is 33.9 Å². The predicted octanol–water partition coefficient (Wildman–Crippen LogP) is 3.83. The van der Waals surface area contributed by atoms with Crippen molar-refractivity contribution in [3.8, 4) is 17.2 Å². The summed E-state index contributed by atoms with van der Waals surface area (Å²) in [5.74, 6) is 1.49. The first-order chi connectivity index (χ1) is 12.5. The first-order valence-electron chi connectivity index (χ1n) is 7.58. The third kappa shape index (κ3) is 4.53. The van der Waals surface area contributed by atoms with E-state index in [0.717, 1.165) is 5.56 Å². The Morgan fingerprint density at radius 3 is 2.92 bits per heavy atom. The molecule has 0 fully saturated rings. The van der Waals surface area contributed by atoms with Crippen LogP contribution in [0.5, 0.6) is 5.75 Å². The highest BCUT2D eigenvalue weighted by Crippen LogP contribution is 2.28. The third-order valence-corrected chi connectivity index (χ3v) is 4.46. The SMILES string of the molecule is COc1ccc(Cl)cc1NC(=O)CSc1cc(-c2nc(C)no2)ccn1. The van der Waals surface area contributed by atoms with Crippen molar-refractivity contribution in [2.45, 2.75) is 11.9 Å². The molecule has 0 atom stereocenters. The van der Waals surface area contributed by atoms with Crippen molar-refractivity contribution in [3.05, 3.63) is 47.4 Å². The average molecular weight is 391 g/mol. The third-order valence-electron chi connectivity index (χ3n) is 3.30. The number of carbonyl (C=O) groups is 1. The van der Waals surface area contributed by atoms with Crippen molar-refractivity contribution in [1.82, 2.24) is 15.1 Å². The van der Waals surface area contributed by atoms with Crippen LogP contribution in [0.15, 0.2) is 46.1 Å². The maximum absolute atomic E-state index is 12.2. The molecule has 2 aromatic heterocycles. The van der Waals surface area contributed by atoms with Crippen LogP contribution in [0.1, 0.15) is 5.82 Å². The summed E-state index contributed by atoms with van der Waals surface area (Å²) in [7, 11) is 1.53. The van der Waals surface area contributed by atoms with E-state index in [1.807, 2.05) is 0 Å². The van der Waals surface area contributed by atoms with Gasteiger partial charge in [0, 0.05) is 16.8 Å². The van der Waals surface area contributed by atoms with Crippen LogP contribution in [0.2, 0.25) is 5.02 Å². The summed E-state index contributed by atoms with van der Waals surface area (Å²) in [5, 5.41) is 7.74. The first-order valence-corrected chi connectivity index (χ1v) is 8.94. The second kappa shape index (κ2) is 8.20. The van der Waals surface area contributed by atoms with Gasteiger partial charge in [0.05, 0.1) is 23.6 Å². The van der Waals surface area contributed by atoms with Gasteiger partial charge in [0.2, 0.25) is 5.91 Å². The van der Waals surface area contributed by atoms with Crippen molar-refractivity contribution >= 4 is 35.0 Å². The lowest BCUT2D eigenvalue weighted by Gasteiger charge is -2.10. The van der Waals surface area contributed by atoms with E-state index in [1.54, 1.807) is 43.5 Å². The molecule has 7 nitrogen and oxygen atoms in total. The van der Waals surface area contributed by atoms with Crippen LogP contribution in [0.25, 0.3) is 11.5 Å². The highest BCUT2D eigenvalue weighted by molar-refractivity contribution is 7.99. The van der Waals surface area contributed by atoms with Gasteiger partial charge in [-0.3, -0.25) is 4.79 Å². The topological polar surface area (TPSA) is 90.1 Å². The van der Waals surface area contributed by atoms with Gasteiger partial charge >= 0.3 is 0 Å². The van der Waals surface area contributed by atoms with Crippen molar-refractivity contribution < 1.29 is 14.1 Å². The van der Waals surface area contributed by atoms with E-state index in [-0.39, 0.29) is 11.7 Å². The minimum Gasteiger partial charge on any atom is -0.495 e. The highest BCUT2D eigenvalue weighted by atomic mass is 35.5. The molecule has 0 aliphatic carbocycles. The van der Waals surface area contributed by atoms with Crippen LogP contribution < -0.4 is 10.1 Å². The molecule has 1 aromatic carbocycles. The predicted molar refractivity (Wildman–Crippen MR) is 99.6 cm³/mol. The molecular weight excluding hydrogens is 376 g/mol. The molecule has 0 saturated carbocycles. The number of rotatable bonds is 6. The molecule has 0 spiro atoms. The second-order valence-electron chi connectivity index (χ2n) is 5.21. The number of benzene rings is 1. The van der Waals surface area contributed by atoms with E-state index in [1.165, 1.54) is 18.9 Å².